The highest BCUT2D eigenvalue weighted by atomic mass is 127. The molecule has 0 radical (unpaired) electrons. The Labute approximate surface area is 210 Å². The fourth-order valence-electron chi connectivity index (χ4n) is 3.00. The average Bonchev–Trinajstić information content (AvgIpc) is 2.79. The summed E-state index contributed by atoms with van der Waals surface area (Å²) in [6.45, 7) is 8.81. The Morgan fingerprint density at radius 2 is 1.75 bits per heavy atom. The standard InChI is InChI=1S/C25H37N3O3.HI/c1-4-29-16-17-31-24-18-21(2)12-13-23(24)19-28-25(26-3)27-14-8-9-15-30-20-22-10-6-5-7-11-22;/h5-7,10-13,18H,4,8-9,14-17,19-20H2,1-3H3,(H2,26,27,28);1H. The van der Waals surface area contributed by atoms with E-state index in [1.165, 1.54) is 11.1 Å². The van der Waals surface area contributed by atoms with Crippen LogP contribution in [0.3, 0.4) is 0 Å². The molecule has 0 amide bonds. The highest BCUT2D eigenvalue weighted by Gasteiger charge is 2.06. The van der Waals surface area contributed by atoms with Gasteiger partial charge in [0.15, 0.2) is 5.96 Å². The Morgan fingerprint density at radius 3 is 2.50 bits per heavy atom. The smallest absolute Gasteiger partial charge is 0.191 e. The molecule has 2 N–H and O–H groups in total. The molecule has 2 rings (SSSR count). The van der Waals surface area contributed by atoms with E-state index >= 15 is 0 Å². The lowest BCUT2D eigenvalue weighted by Crippen LogP contribution is -2.37. The Morgan fingerprint density at radius 1 is 0.938 bits per heavy atom. The van der Waals surface area contributed by atoms with E-state index in [1.807, 2.05) is 25.1 Å². The van der Waals surface area contributed by atoms with Gasteiger partial charge in [-0.2, -0.15) is 0 Å². The molecule has 7 heteroatoms. The zero-order valence-electron chi connectivity index (χ0n) is 19.6. The van der Waals surface area contributed by atoms with E-state index in [0.29, 0.717) is 33.0 Å². The molecular weight excluding hydrogens is 517 g/mol. The molecule has 32 heavy (non-hydrogen) atoms. The van der Waals surface area contributed by atoms with Crippen molar-refractivity contribution in [2.45, 2.75) is 39.8 Å². The Hall–Kier alpha value is -1.84. The van der Waals surface area contributed by atoms with Gasteiger partial charge in [-0.25, -0.2) is 0 Å². The molecule has 0 bridgehead atoms. The molecule has 0 heterocycles. The average molecular weight is 556 g/mol. The maximum absolute atomic E-state index is 5.91. The van der Waals surface area contributed by atoms with Gasteiger partial charge in [0.05, 0.1) is 13.2 Å². The van der Waals surface area contributed by atoms with Gasteiger partial charge in [-0.05, 0) is 43.9 Å². The van der Waals surface area contributed by atoms with Crippen molar-refractivity contribution in [2.24, 2.45) is 4.99 Å². The summed E-state index contributed by atoms with van der Waals surface area (Å²) < 4.78 is 17.0. The first-order valence-electron chi connectivity index (χ1n) is 11.1. The van der Waals surface area contributed by atoms with Gasteiger partial charge in [0.2, 0.25) is 0 Å². The normalized spacial score (nSPS) is 11.0. The van der Waals surface area contributed by atoms with Crippen molar-refractivity contribution >= 4 is 29.9 Å². The fraction of sp³-hybridized carbons (Fsp3) is 0.480. The minimum absolute atomic E-state index is 0. The summed E-state index contributed by atoms with van der Waals surface area (Å²) in [4.78, 5) is 4.31. The number of nitrogens with one attached hydrogen (secondary N) is 2. The zero-order valence-corrected chi connectivity index (χ0v) is 21.9. The lowest BCUT2D eigenvalue weighted by molar-refractivity contribution is 0.110. The quantitative estimate of drug-likeness (QED) is 0.153. The van der Waals surface area contributed by atoms with Crippen molar-refractivity contribution in [3.63, 3.8) is 0 Å². The van der Waals surface area contributed by atoms with Gasteiger partial charge in [0.25, 0.3) is 0 Å². The van der Waals surface area contributed by atoms with Crippen molar-refractivity contribution in [3.8, 4) is 5.75 Å². The number of ether oxygens (including phenoxy) is 3. The SMILES string of the molecule is CCOCCOc1cc(C)ccc1CNC(=NC)NCCCCOCc1ccccc1.I. The predicted molar refractivity (Wildman–Crippen MR) is 142 cm³/mol. The third-order valence-electron chi connectivity index (χ3n) is 4.70. The lowest BCUT2D eigenvalue weighted by atomic mass is 10.1. The first-order chi connectivity index (χ1) is 15.2. The van der Waals surface area contributed by atoms with E-state index in [-0.39, 0.29) is 24.0 Å². The molecule has 0 unspecified atom stereocenters. The summed E-state index contributed by atoms with van der Waals surface area (Å²) in [6, 6.07) is 16.5. The maximum atomic E-state index is 5.91. The molecule has 0 saturated heterocycles. The number of nitrogens with zero attached hydrogens (tertiary/aromatic N) is 1. The molecule has 0 aliphatic carbocycles. The Kier molecular flexibility index (Phi) is 15.6. The van der Waals surface area contributed by atoms with Crippen molar-refractivity contribution < 1.29 is 14.2 Å². The summed E-state index contributed by atoms with van der Waals surface area (Å²) in [6.07, 6.45) is 2.03. The van der Waals surface area contributed by atoms with Crippen LogP contribution in [0, 0.1) is 6.92 Å². The minimum Gasteiger partial charge on any atom is -0.491 e. The molecule has 178 valence electrons. The van der Waals surface area contributed by atoms with Crippen LogP contribution in [0.1, 0.15) is 36.5 Å². The van der Waals surface area contributed by atoms with Gasteiger partial charge >= 0.3 is 0 Å². The molecule has 0 aromatic heterocycles. The topological polar surface area (TPSA) is 64.1 Å². The van der Waals surface area contributed by atoms with Crippen LogP contribution < -0.4 is 15.4 Å². The van der Waals surface area contributed by atoms with Crippen molar-refractivity contribution in [3.05, 3.63) is 65.2 Å². The third-order valence-corrected chi connectivity index (χ3v) is 4.70. The first kappa shape index (κ1) is 28.2. The van der Waals surface area contributed by atoms with Crippen LogP contribution in [0.4, 0.5) is 0 Å². The molecule has 0 atom stereocenters. The van der Waals surface area contributed by atoms with Gasteiger partial charge in [0.1, 0.15) is 12.4 Å². The van der Waals surface area contributed by atoms with Crippen LogP contribution in [-0.4, -0.2) is 46.0 Å². The third kappa shape index (κ3) is 11.7. The van der Waals surface area contributed by atoms with Crippen LogP contribution in [0.2, 0.25) is 0 Å². The van der Waals surface area contributed by atoms with E-state index < -0.39 is 0 Å². The van der Waals surface area contributed by atoms with E-state index in [9.17, 15) is 0 Å². The van der Waals surface area contributed by atoms with Gasteiger partial charge in [-0.3, -0.25) is 4.99 Å². The monoisotopic (exact) mass is 555 g/mol. The van der Waals surface area contributed by atoms with Gasteiger partial charge in [0, 0.05) is 38.9 Å². The van der Waals surface area contributed by atoms with Gasteiger partial charge in [-0.1, -0.05) is 42.5 Å². The van der Waals surface area contributed by atoms with Crippen molar-refractivity contribution in [2.75, 3.05) is 40.0 Å². The highest BCUT2D eigenvalue weighted by Crippen LogP contribution is 2.20. The number of hydrogen-bond donors (Lipinski definition) is 2. The molecule has 0 aliphatic rings. The first-order valence-corrected chi connectivity index (χ1v) is 11.1. The summed E-state index contributed by atoms with van der Waals surface area (Å²) in [5.41, 5.74) is 3.48. The van der Waals surface area contributed by atoms with E-state index in [2.05, 4.69) is 52.9 Å². The van der Waals surface area contributed by atoms with E-state index in [0.717, 1.165) is 43.3 Å². The number of aryl methyl sites for hydroxylation is 1. The number of rotatable bonds is 14. The maximum Gasteiger partial charge on any atom is 0.191 e. The Balaban J connectivity index is 0.00000512. The minimum atomic E-state index is 0. The van der Waals surface area contributed by atoms with Crippen LogP contribution in [-0.2, 0) is 22.6 Å². The van der Waals surface area contributed by atoms with Crippen LogP contribution in [0.5, 0.6) is 5.75 Å². The highest BCUT2D eigenvalue weighted by molar-refractivity contribution is 14.0. The molecule has 0 aliphatic heterocycles. The van der Waals surface area contributed by atoms with E-state index in [1.54, 1.807) is 7.05 Å². The molecule has 2 aromatic carbocycles. The van der Waals surface area contributed by atoms with Crippen LogP contribution in [0.15, 0.2) is 53.5 Å². The number of unbranched alkanes of at least 4 members (excludes halogenated alkanes) is 1. The van der Waals surface area contributed by atoms with Gasteiger partial charge in [-0.15, -0.1) is 24.0 Å². The largest absolute Gasteiger partial charge is 0.491 e. The fourth-order valence-corrected chi connectivity index (χ4v) is 3.00. The summed E-state index contributed by atoms with van der Waals surface area (Å²) in [5.74, 6) is 1.67. The second-order valence-electron chi connectivity index (χ2n) is 7.25. The predicted octanol–water partition coefficient (Wildman–Crippen LogP) is 4.69. The van der Waals surface area contributed by atoms with Gasteiger partial charge < -0.3 is 24.8 Å². The molecule has 6 nitrogen and oxygen atoms in total. The second kappa shape index (κ2) is 17.7. The number of benzene rings is 2. The Bertz CT molecular complexity index is 772. The molecular formula is C25H38IN3O3. The molecule has 0 saturated carbocycles. The van der Waals surface area contributed by atoms with Crippen molar-refractivity contribution in [1.29, 1.82) is 0 Å². The summed E-state index contributed by atoms with van der Waals surface area (Å²) in [7, 11) is 1.78. The summed E-state index contributed by atoms with van der Waals surface area (Å²) in [5, 5.41) is 6.73. The molecule has 0 fully saturated rings. The summed E-state index contributed by atoms with van der Waals surface area (Å²) >= 11 is 0. The second-order valence-corrected chi connectivity index (χ2v) is 7.25. The number of hydrogen-bond acceptors (Lipinski definition) is 4. The lowest BCUT2D eigenvalue weighted by Gasteiger charge is -2.15. The zero-order chi connectivity index (χ0) is 22.2. The molecule has 2 aromatic rings. The molecule has 0 spiro atoms. The number of guanidine groups is 1. The number of aliphatic imine (C=N–C) groups is 1. The van der Waals surface area contributed by atoms with Crippen molar-refractivity contribution in [1.82, 2.24) is 10.6 Å². The number of halogens is 1. The van der Waals surface area contributed by atoms with E-state index in [4.69, 9.17) is 14.2 Å². The van der Waals surface area contributed by atoms with Crippen LogP contribution >= 0.6 is 24.0 Å². The van der Waals surface area contributed by atoms with Crippen LogP contribution in [0.25, 0.3) is 0 Å².